The van der Waals surface area contributed by atoms with Crippen molar-refractivity contribution in [3.63, 3.8) is 0 Å². The molecule has 0 aromatic carbocycles. The van der Waals surface area contributed by atoms with Gasteiger partial charge in [-0.3, -0.25) is 9.69 Å². The number of morpholine rings is 1. The fraction of sp³-hybridized carbons (Fsp3) is 0.909. The van der Waals surface area contributed by atoms with E-state index >= 15 is 0 Å². The zero-order chi connectivity index (χ0) is 11.5. The molecule has 1 atom stereocenters. The standard InChI is InChI=1S/C11H21NO3/c1-9-7-12(5-6-14-9)8-10(13)15-11(2,3)4/h9H,5-8H2,1-4H3/t9-/m0/s1. The van der Waals surface area contributed by atoms with E-state index in [0.717, 1.165) is 13.1 Å². The number of nitrogens with zero attached hydrogens (tertiary/aromatic N) is 1. The number of hydrogen-bond acceptors (Lipinski definition) is 4. The molecule has 0 saturated carbocycles. The Morgan fingerprint density at radius 1 is 1.53 bits per heavy atom. The van der Waals surface area contributed by atoms with Crippen LogP contribution in [0.5, 0.6) is 0 Å². The summed E-state index contributed by atoms with van der Waals surface area (Å²) in [5.74, 6) is -0.156. The number of hydrogen-bond donors (Lipinski definition) is 0. The smallest absolute Gasteiger partial charge is 0.320 e. The van der Waals surface area contributed by atoms with Gasteiger partial charge < -0.3 is 9.47 Å². The molecule has 88 valence electrons. The average Bonchev–Trinajstić information content (AvgIpc) is 1.99. The van der Waals surface area contributed by atoms with E-state index in [9.17, 15) is 4.79 Å². The fourth-order valence-electron chi connectivity index (χ4n) is 1.59. The normalized spacial score (nSPS) is 23.9. The summed E-state index contributed by atoms with van der Waals surface area (Å²) >= 11 is 0. The molecule has 0 aromatic heterocycles. The van der Waals surface area contributed by atoms with Crippen LogP contribution >= 0.6 is 0 Å². The van der Waals surface area contributed by atoms with Crippen molar-refractivity contribution in [2.24, 2.45) is 0 Å². The largest absolute Gasteiger partial charge is 0.459 e. The molecule has 0 aliphatic carbocycles. The summed E-state index contributed by atoms with van der Waals surface area (Å²) in [6.07, 6.45) is 0.209. The van der Waals surface area contributed by atoms with Gasteiger partial charge in [-0.2, -0.15) is 0 Å². The molecular weight excluding hydrogens is 194 g/mol. The molecule has 0 aromatic rings. The van der Waals surface area contributed by atoms with E-state index in [4.69, 9.17) is 9.47 Å². The number of carbonyl (C=O) groups excluding carboxylic acids is 1. The van der Waals surface area contributed by atoms with Crippen molar-refractivity contribution >= 4 is 5.97 Å². The van der Waals surface area contributed by atoms with Crippen LogP contribution in [-0.2, 0) is 14.3 Å². The van der Waals surface area contributed by atoms with E-state index in [2.05, 4.69) is 4.90 Å². The molecule has 1 saturated heterocycles. The second-order valence-electron chi connectivity index (χ2n) is 5.00. The Balaban J connectivity index is 2.31. The molecule has 4 heteroatoms. The zero-order valence-electron chi connectivity index (χ0n) is 10.1. The van der Waals surface area contributed by atoms with Crippen molar-refractivity contribution in [3.8, 4) is 0 Å². The highest BCUT2D eigenvalue weighted by Gasteiger charge is 2.22. The van der Waals surface area contributed by atoms with Crippen LogP contribution in [0.25, 0.3) is 0 Å². The number of ether oxygens (including phenoxy) is 2. The topological polar surface area (TPSA) is 38.8 Å². The predicted octanol–water partition coefficient (Wildman–Crippen LogP) is 1.05. The van der Waals surface area contributed by atoms with Gasteiger partial charge in [-0.15, -0.1) is 0 Å². The van der Waals surface area contributed by atoms with Gasteiger partial charge in [-0.1, -0.05) is 0 Å². The minimum atomic E-state index is -0.394. The Morgan fingerprint density at radius 2 is 2.20 bits per heavy atom. The second kappa shape index (κ2) is 4.94. The lowest BCUT2D eigenvalue weighted by atomic mass is 10.2. The van der Waals surface area contributed by atoms with Gasteiger partial charge in [0.15, 0.2) is 0 Å². The Hall–Kier alpha value is -0.610. The third-order valence-corrected chi connectivity index (χ3v) is 2.10. The van der Waals surface area contributed by atoms with Gasteiger partial charge in [0, 0.05) is 13.1 Å². The van der Waals surface area contributed by atoms with Gasteiger partial charge in [-0.05, 0) is 27.7 Å². The van der Waals surface area contributed by atoms with E-state index in [1.54, 1.807) is 0 Å². The molecule has 0 bridgehead atoms. The van der Waals surface area contributed by atoms with Crippen LogP contribution in [0.2, 0.25) is 0 Å². The molecular formula is C11H21NO3. The van der Waals surface area contributed by atoms with E-state index in [1.807, 2.05) is 27.7 Å². The predicted molar refractivity (Wildman–Crippen MR) is 57.7 cm³/mol. The summed E-state index contributed by atoms with van der Waals surface area (Å²) in [4.78, 5) is 13.6. The lowest BCUT2D eigenvalue weighted by Gasteiger charge is -2.31. The van der Waals surface area contributed by atoms with E-state index in [1.165, 1.54) is 0 Å². The highest BCUT2D eigenvalue weighted by atomic mass is 16.6. The molecule has 1 rings (SSSR count). The highest BCUT2D eigenvalue weighted by Crippen LogP contribution is 2.09. The first-order chi connectivity index (χ1) is 6.87. The van der Waals surface area contributed by atoms with Crippen LogP contribution in [0.1, 0.15) is 27.7 Å². The molecule has 0 amide bonds. The molecule has 1 heterocycles. The SMILES string of the molecule is C[C@H]1CN(CC(=O)OC(C)(C)C)CCO1. The molecule has 0 N–H and O–H groups in total. The lowest BCUT2D eigenvalue weighted by Crippen LogP contribution is -2.44. The van der Waals surface area contributed by atoms with Crippen LogP contribution in [0.4, 0.5) is 0 Å². The van der Waals surface area contributed by atoms with E-state index < -0.39 is 5.60 Å². The van der Waals surface area contributed by atoms with Crippen molar-refractivity contribution in [2.75, 3.05) is 26.2 Å². The number of rotatable bonds is 2. The Bertz CT molecular complexity index is 222. The van der Waals surface area contributed by atoms with Crippen LogP contribution in [-0.4, -0.2) is 48.8 Å². The maximum atomic E-state index is 11.5. The van der Waals surface area contributed by atoms with Gasteiger partial charge in [0.2, 0.25) is 0 Å². The van der Waals surface area contributed by atoms with Gasteiger partial charge in [0.05, 0.1) is 19.3 Å². The summed E-state index contributed by atoms with van der Waals surface area (Å²) in [5, 5.41) is 0. The van der Waals surface area contributed by atoms with Crippen molar-refractivity contribution < 1.29 is 14.3 Å². The quantitative estimate of drug-likeness (QED) is 0.645. The summed E-state index contributed by atoms with van der Waals surface area (Å²) in [7, 11) is 0. The van der Waals surface area contributed by atoms with Crippen molar-refractivity contribution in [1.29, 1.82) is 0 Å². The first-order valence-corrected chi connectivity index (χ1v) is 5.42. The summed E-state index contributed by atoms with van der Waals surface area (Å²) < 4.78 is 10.7. The molecule has 4 nitrogen and oxygen atoms in total. The molecule has 0 radical (unpaired) electrons. The third-order valence-electron chi connectivity index (χ3n) is 2.10. The molecule has 0 unspecified atom stereocenters. The van der Waals surface area contributed by atoms with Gasteiger partial charge in [-0.25, -0.2) is 0 Å². The summed E-state index contributed by atoms with van der Waals surface area (Å²) in [6.45, 7) is 10.3. The number of carbonyl (C=O) groups is 1. The summed E-state index contributed by atoms with van der Waals surface area (Å²) in [5.41, 5.74) is -0.394. The summed E-state index contributed by atoms with van der Waals surface area (Å²) in [6, 6.07) is 0. The number of esters is 1. The minimum absolute atomic E-state index is 0.156. The second-order valence-corrected chi connectivity index (χ2v) is 5.00. The maximum Gasteiger partial charge on any atom is 0.320 e. The molecule has 1 aliphatic heterocycles. The Labute approximate surface area is 91.5 Å². The molecule has 0 spiro atoms. The first-order valence-electron chi connectivity index (χ1n) is 5.42. The van der Waals surface area contributed by atoms with Gasteiger partial charge in [0.25, 0.3) is 0 Å². The zero-order valence-corrected chi connectivity index (χ0v) is 10.1. The van der Waals surface area contributed by atoms with Crippen molar-refractivity contribution in [3.05, 3.63) is 0 Å². The Morgan fingerprint density at radius 3 is 2.73 bits per heavy atom. The van der Waals surface area contributed by atoms with Crippen LogP contribution in [0.15, 0.2) is 0 Å². The Kier molecular flexibility index (Phi) is 4.11. The highest BCUT2D eigenvalue weighted by molar-refractivity contribution is 5.72. The molecule has 1 aliphatic rings. The fourth-order valence-corrected chi connectivity index (χ4v) is 1.59. The van der Waals surface area contributed by atoms with Crippen LogP contribution in [0, 0.1) is 0 Å². The monoisotopic (exact) mass is 215 g/mol. The average molecular weight is 215 g/mol. The van der Waals surface area contributed by atoms with Gasteiger partial charge >= 0.3 is 5.97 Å². The van der Waals surface area contributed by atoms with Crippen molar-refractivity contribution in [2.45, 2.75) is 39.4 Å². The molecule has 15 heavy (non-hydrogen) atoms. The van der Waals surface area contributed by atoms with Gasteiger partial charge in [0.1, 0.15) is 5.60 Å². The van der Waals surface area contributed by atoms with Crippen LogP contribution in [0.3, 0.4) is 0 Å². The molecule has 1 fully saturated rings. The van der Waals surface area contributed by atoms with E-state index in [0.29, 0.717) is 13.2 Å². The van der Waals surface area contributed by atoms with Crippen molar-refractivity contribution in [1.82, 2.24) is 4.90 Å². The first kappa shape index (κ1) is 12.5. The third kappa shape index (κ3) is 5.14. The van der Waals surface area contributed by atoms with Crippen LogP contribution < -0.4 is 0 Å². The minimum Gasteiger partial charge on any atom is -0.459 e. The lowest BCUT2D eigenvalue weighted by molar-refractivity contribution is -0.157. The van der Waals surface area contributed by atoms with E-state index in [-0.39, 0.29) is 12.1 Å². The maximum absolute atomic E-state index is 11.5.